The number of ketones is 2. The van der Waals surface area contributed by atoms with Gasteiger partial charge in [0.1, 0.15) is 0 Å². The first kappa shape index (κ1) is 44.4. The molecule has 330 valence electrons. The standard InChI is InChI=1S/C46H73N5O7S/c1-9-32-27-44(32,40(56)48-59(57,58)50-24-15-16-25-50)29-36(53)34-28-46(43(7,8)45(46)20-17-21-45)30-51(34)38(54)33(41(2,3)4)26-35(52)37(31-18-11-10-12-19-31)47-39(55)42(5,6)49-22-13-14-23-49/h9,31-34,37H,1,10-30H2,2-8H3,(H,47,55)(H,48,56)/t32-,33-,34+,37+,44-,46-/m1/s1. The van der Waals surface area contributed by atoms with Crippen molar-refractivity contribution in [3.05, 3.63) is 12.7 Å². The Morgan fingerprint density at radius 2 is 1.44 bits per heavy atom. The Kier molecular flexibility index (Phi) is 11.8. The second kappa shape index (κ2) is 15.6. The molecular formula is C46H73N5O7S. The number of carbonyl (C=O) groups is 5. The van der Waals surface area contributed by atoms with Crippen LogP contribution in [0.5, 0.6) is 0 Å². The summed E-state index contributed by atoms with van der Waals surface area (Å²) in [6.07, 6.45) is 13.7. The van der Waals surface area contributed by atoms with Crippen molar-refractivity contribution < 1.29 is 32.4 Å². The molecule has 7 rings (SSSR count). The van der Waals surface area contributed by atoms with E-state index in [9.17, 15) is 27.6 Å². The maximum Gasteiger partial charge on any atom is 0.303 e. The molecule has 2 N–H and O–H groups in total. The summed E-state index contributed by atoms with van der Waals surface area (Å²) in [6, 6.07) is -1.51. The van der Waals surface area contributed by atoms with Gasteiger partial charge in [0.25, 0.3) is 0 Å². The molecule has 7 aliphatic rings. The number of hydrogen-bond acceptors (Lipinski definition) is 8. The molecule has 59 heavy (non-hydrogen) atoms. The van der Waals surface area contributed by atoms with E-state index in [0.29, 0.717) is 32.5 Å². The first-order chi connectivity index (χ1) is 27.6. The van der Waals surface area contributed by atoms with Crippen LogP contribution in [0.3, 0.4) is 0 Å². The number of nitrogens with zero attached hydrogens (tertiary/aromatic N) is 3. The van der Waals surface area contributed by atoms with E-state index in [4.69, 9.17) is 0 Å². The molecular weight excluding hydrogens is 767 g/mol. The zero-order valence-electron chi connectivity index (χ0n) is 37.1. The number of likely N-dealkylation sites (tertiary alicyclic amines) is 2. The van der Waals surface area contributed by atoms with Crippen molar-refractivity contribution in [2.75, 3.05) is 32.7 Å². The van der Waals surface area contributed by atoms with Crippen molar-refractivity contribution in [2.24, 2.45) is 44.8 Å². The maximum absolute atomic E-state index is 15.4. The van der Waals surface area contributed by atoms with Gasteiger partial charge in [-0.15, -0.1) is 6.58 Å². The number of fused-ring (bicyclic) bond motifs is 1. The molecule has 12 nitrogen and oxygen atoms in total. The van der Waals surface area contributed by atoms with Crippen molar-refractivity contribution in [1.29, 1.82) is 0 Å². The number of allylic oxidation sites excluding steroid dienone is 1. The quantitative estimate of drug-likeness (QED) is 0.192. The third-order valence-corrected chi connectivity index (χ3v) is 18.9. The van der Waals surface area contributed by atoms with Crippen molar-refractivity contribution in [3.63, 3.8) is 0 Å². The average Bonchev–Trinajstić information content (AvgIpc) is 3.61. The molecule has 0 aromatic carbocycles. The Morgan fingerprint density at radius 3 is 1.97 bits per heavy atom. The van der Waals surface area contributed by atoms with Crippen molar-refractivity contribution in [3.8, 4) is 0 Å². The average molecular weight is 840 g/mol. The highest BCUT2D eigenvalue weighted by Gasteiger charge is 2.85. The van der Waals surface area contributed by atoms with Crippen LogP contribution in [-0.4, -0.2) is 102 Å². The fourth-order valence-corrected chi connectivity index (χ4v) is 14.2. The predicted octanol–water partition coefficient (Wildman–Crippen LogP) is 5.95. The summed E-state index contributed by atoms with van der Waals surface area (Å²) in [6.45, 7) is 21.0. The van der Waals surface area contributed by atoms with Crippen molar-refractivity contribution in [2.45, 2.75) is 169 Å². The minimum Gasteiger partial charge on any atom is -0.344 e. The van der Waals surface area contributed by atoms with Crippen LogP contribution < -0.4 is 10.0 Å². The fraction of sp³-hybridized carbons (Fsp3) is 0.848. The van der Waals surface area contributed by atoms with E-state index in [2.05, 4.69) is 35.4 Å². The molecule has 0 bridgehead atoms. The van der Waals surface area contributed by atoms with Crippen LogP contribution in [0.15, 0.2) is 12.7 Å². The Morgan fingerprint density at radius 1 is 0.831 bits per heavy atom. The highest BCUT2D eigenvalue weighted by molar-refractivity contribution is 7.87. The van der Waals surface area contributed by atoms with Gasteiger partial charge in [0.15, 0.2) is 11.6 Å². The van der Waals surface area contributed by atoms with Crippen molar-refractivity contribution in [1.82, 2.24) is 24.1 Å². The SMILES string of the molecule is C=C[C@@H]1C[C@]1(CC(=O)[C@@H]1C[C@@]2(CN1C(=O)[C@@H](CC(=O)[C@@H](NC(=O)C(C)(C)N1CCCC1)C1CCCCC1)C(C)(C)C)C(C)(C)C21CCC1)C(=O)NS(=O)(=O)N1CCCC1. The summed E-state index contributed by atoms with van der Waals surface area (Å²) in [5.41, 5.74) is -3.00. The second-order valence-corrected chi connectivity index (χ2v) is 23.6. The van der Waals surface area contributed by atoms with Gasteiger partial charge < -0.3 is 10.2 Å². The minimum absolute atomic E-state index is 0.00612. The highest BCUT2D eigenvalue weighted by atomic mass is 32.2. The highest BCUT2D eigenvalue weighted by Crippen LogP contribution is 2.88. The Labute approximate surface area is 354 Å². The maximum atomic E-state index is 15.4. The molecule has 4 aliphatic carbocycles. The lowest BCUT2D eigenvalue weighted by molar-refractivity contribution is -0.147. The van der Waals surface area contributed by atoms with Crippen LogP contribution in [0.1, 0.15) is 151 Å². The molecule has 3 amide bonds. The van der Waals surface area contributed by atoms with Crippen LogP contribution >= 0.6 is 0 Å². The van der Waals surface area contributed by atoms with Crippen LogP contribution in [0.4, 0.5) is 0 Å². The lowest BCUT2D eigenvalue weighted by Crippen LogP contribution is -2.59. The van der Waals surface area contributed by atoms with E-state index in [0.717, 1.165) is 90.1 Å². The van der Waals surface area contributed by atoms with Crippen LogP contribution in [0, 0.1) is 44.8 Å². The Balaban J connectivity index is 1.15. The molecule has 0 aromatic heterocycles. The third kappa shape index (κ3) is 7.46. The minimum atomic E-state index is -4.06. The van der Waals surface area contributed by atoms with Crippen LogP contribution in [0.2, 0.25) is 0 Å². The van der Waals surface area contributed by atoms with Gasteiger partial charge in [-0.05, 0) is 119 Å². The summed E-state index contributed by atoms with van der Waals surface area (Å²) in [5.74, 6) is -2.55. The van der Waals surface area contributed by atoms with E-state index < -0.39 is 50.5 Å². The number of hydrogen-bond donors (Lipinski definition) is 2. The molecule has 4 saturated carbocycles. The van der Waals surface area contributed by atoms with Gasteiger partial charge >= 0.3 is 10.2 Å². The lowest BCUT2D eigenvalue weighted by Gasteiger charge is -2.39. The van der Waals surface area contributed by atoms with Gasteiger partial charge in [0.2, 0.25) is 17.7 Å². The zero-order valence-corrected chi connectivity index (χ0v) is 37.9. The largest absolute Gasteiger partial charge is 0.344 e. The molecule has 3 aliphatic heterocycles. The van der Waals surface area contributed by atoms with E-state index in [-0.39, 0.29) is 64.3 Å². The van der Waals surface area contributed by atoms with Gasteiger partial charge in [-0.3, -0.25) is 28.9 Å². The second-order valence-electron chi connectivity index (χ2n) is 21.9. The third-order valence-electron chi connectivity index (χ3n) is 17.4. The number of nitrogens with one attached hydrogen (secondary N) is 2. The monoisotopic (exact) mass is 840 g/mol. The predicted molar refractivity (Wildman–Crippen MR) is 227 cm³/mol. The van der Waals surface area contributed by atoms with E-state index >= 15 is 4.79 Å². The molecule has 3 heterocycles. The molecule has 3 saturated heterocycles. The van der Waals surface area contributed by atoms with Gasteiger partial charge in [-0.2, -0.15) is 12.7 Å². The van der Waals surface area contributed by atoms with Gasteiger partial charge in [-0.25, -0.2) is 4.72 Å². The summed E-state index contributed by atoms with van der Waals surface area (Å²) in [4.78, 5) is 77.0. The van der Waals surface area contributed by atoms with Gasteiger partial charge in [-0.1, -0.05) is 66.4 Å². The smallest absolute Gasteiger partial charge is 0.303 e. The Hall–Kier alpha value is -2.64. The molecule has 13 heteroatoms. The number of Topliss-reactive ketones (excluding diaryl/α,β-unsaturated/α-hetero) is 2. The van der Waals surface area contributed by atoms with Crippen molar-refractivity contribution >= 4 is 39.5 Å². The normalized spacial score (nSPS) is 31.7. The number of amides is 3. The van der Waals surface area contributed by atoms with E-state index in [1.807, 2.05) is 34.6 Å². The summed E-state index contributed by atoms with van der Waals surface area (Å²) in [7, 11) is -4.06. The molecule has 0 radical (unpaired) electrons. The summed E-state index contributed by atoms with van der Waals surface area (Å²) in [5, 5.41) is 3.24. The van der Waals surface area contributed by atoms with Crippen LogP contribution in [-0.2, 0) is 34.2 Å². The number of carbonyl (C=O) groups excluding carboxylic acids is 5. The van der Waals surface area contributed by atoms with E-state index in [1.165, 1.54) is 4.31 Å². The fourth-order valence-electron chi connectivity index (χ4n) is 12.9. The lowest BCUT2D eigenvalue weighted by atomic mass is 9.73. The molecule has 0 unspecified atom stereocenters. The van der Waals surface area contributed by atoms with E-state index in [1.54, 1.807) is 11.0 Å². The topological polar surface area (TPSA) is 153 Å². The molecule has 0 aromatic rings. The van der Waals surface area contributed by atoms with Crippen LogP contribution in [0.25, 0.3) is 0 Å². The zero-order chi connectivity index (χ0) is 43.0. The molecule has 7 fully saturated rings. The summed E-state index contributed by atoms with van der Waals surface area (Å²) < 4.78 is 30.0. The van der Waals surface area contributed by atoms with Gasteiger partial charge in [0, 0.05) is 43.8 Å². The molecule has 6 atom stereocenters. The number of rotatable bonds is 15. The molecule has 2 spiro atoms. The first-order valence-electron chi connectivity index (χ1n) is 23.0. The first-order valence-corrected chi connectivity index (χ1v) is 24.4. The van der Waals surface area contributed by atoms with Gasteiger partial charge in [0.05, 0.1) is 23.0 Å². The Bertz CT molecular complexity index is 1810. The summed E-state index contributed by atoms with van der Waals surface area (Å²) >= 11 is 0.